The van der Waals surface area contributed by atoms with E-state index >= 15 is 0 Å². The molecule has 0 fully saturated rings. The first-order chi connectivity index (χ1) is 10.7. The lowest BCUT2D eigenvalue weighted by molar-refractivity contribution is -0.384. The monoisotopic (exact) mass is 313 g/mol. The van der Waals surface area contributed by atoms with E-state index in [4.69, 9.17) is 0 Å². The van der Waals surface area contributed by atoms with E-state index in [0.717, 1.165) is 11.1 Å². The predicted octanol–water partition coefficient (Wildman–Crippen LogP) is 5.32. The zero-order valence-electron chi connectivity index (χ0n) is 13.6. The maximum absolute atomic E-state index is 10.6. The highest BCUT2D eigenvalue weighted by atomic mass is 16.6. The second-order valence-corrected chi connectivity index (χ2v) is 6.38. The number of rotatable bonds is 3. The molecule has 6 heteroatoms. The number of non-ortho nitro benzene ring substituents is 1. The van der Waals surface area contributed by atoms with Gasteiger partial charge in [-0.3, -0.25) is 10.1 Å². The van der Waals surface area contributed by atoms with Crippen molar-refractivity contribution < 1.29 is 10.0 Å². The molecule has 0 aliphatic rings. The minimum Gasteiger partial charge on any atom is -0.507 e. The molecule has 6 nitrogen and oxygen atoms in total. The number of hydrogen-bond acceptors (Lipinski definition) is 5. The molecule has 0 saturated carbocycles. The Morgan fingerprint density at radius 1 is 1.04 bits per heavy atom. The van der Waals surface area contributed by atoms with Crippen molar-refractivity contribution in [1.82, 2.24) is 0 Å². The van der Waals surface area contributed by atoms with E-state index in [0.29, 0.717) is 11.4 Å². The zero-order chi connectivity index (χ0) is 17.2. The Balaban J connectivity index is 2.32. The van der Waals surface area contributed by atoms with Crippen LogP contribution >= 0.6 is 0 Å². The molecular formula is C17H19N3O3. The van der Waals surface area contributed by atoms with Gasteiger partial charge >= 0.3 is 0 Å². The number of nitro benzene ring substituents is 1. The third-order valence-corrected chi connectivity index (χ3v) is 3.43. The van der Waals surface area contributed by atoms with Crippen LogP contribution in [0.15, 0.2) is 46.6 Å². The van der Waals surface area contributed by atoms with E-state index in [1.54, 1.807) is 24.3 Å². The van der Waals surface area contributed by atoms with Crippen LogP contribution in [0.1, 0.15) is 31.9 Å². The summed E-state index contributed by atoms with van der Waals surface area (Å²) in [6, 6.07) is 9.41. The van der Waals surface area contributed by atoms with Crippen LogP contribution in [0.5, 0.6) is 5.75 Å². The van der Waals surface area contributed by atoms with E-state index in [-0.39, 0.29) is 16.9 Å². The van der Waals surface area contributed by atoms with Crippen molar-refractivity contribution in [3.8, 4) is 5.75 Å². The maximum atomic E-state index is 10.6. The highest BCUT2D eigenvalue weighted by Gasteiger charge is 2.20. The van der Waals surface area contributed by atoms with Gasteiger partial charge in [-0.15, -0.1) is 0 Å². The van der Waals surface area contributed by atoms with Crippen molar-refractivity contribution in [3.63, 3.8) is 0 Å². The van der Waals surface area contributed by atoms with Crippen LogP contribution < -0.4 is 0 Å². The number of aromatic hydroxyl groups is 1. The third kappa shape index (κ3) is 3.91. The number of hydrogen-bond donors (Lipinski definition) is 1. The molecule has 0 atom stereocenters. The van der Waals surface area contributed by atoms with Crippen LogP contribution in [-0.2, 0) is 5.41 Å². The summed E-state index contributed by atoms with van der Waals surface area (Å²) in [6.45, 7) is 7.85. The van der Waals surface area contributed by atoms with Gasteiger partial charge in [0.25, 0.3) is 5.69 Å². The lowest BCUT2D eigenvalue weighted by Crippen LogP contribution is -2.11. The Hall–Kier alpha value is -2.76. The lowest BCUT2D eigenvalue weighted by atomic mass is 9.85. The Kier molecular flexibility index (Phi) is 4.45. The molecule has 0 radical (unpaired) electrons. The zero-order valence-corrected chi connectivity index (χ0v) is 13.6. The Labute approximate surface area is 134 Å². The molecule has 2 aromatic rings. The second-order valence-electron chi connectivity index (χ2n) is 6.38. The smallest absolute Gasteiger partial charge is 0.269 e. The summed E-state index contributed by atoms with van der Waals surface area (Å²) in [7, 11) is 0. The van der Waals surface area contributed by atoms with E-state index in [9.17, 15) is 15.2 Å². The Bertz CT molecular complexity index is 760. The summed E-state index contributed by atoms with van der Waals surface area (Å²) in [5, 5.41) is 29.1. The van der Waals surface area contributed by atoms with E-state index in [2.05, 4.69) is 10.2 Å². The van der Waals surface area contributed by atoms with Crippen LogP contribution in [-0.4, -0.2) is 10.0 Å². The molecule has 0 spiro atoms. The Morgan fingerprint density at radius 3 is 2.13 bits per heavy atom. The standard InChI is InChI=1S/C17H19N3O3/c1-11-9-13(10-15(16(11)21)17(2,3)4)19-18-12-5-7-14(8-6-12)20(22)23/h5-10,21H,1-4H3. The quantitative estimate of drug-likeness (QED) is 0.472. The van der Waals surface area contributed by atoms with Crippen LogP contribution in [0.3, 0.4) is 0 Å². The van der Waals surface area contributed by atoms with Gasteiger partial charge in [0.15, 0.2) is 0 Å². The molecule has 0 amide bonds. The minimum absolute atomic E-state index is 0.0134. The molecule has 0 aliphatic carbocycles. The molecule has 0 unspecified atom stereocenters. The first-order valence-electron chi connectivity index (χ1n) is 7.19. The van der Waals surface area contributed by atoms with Gasteiger partial charge in [-0.1, -0.05) is 20.8 Å². The lowest BCUT2D eigenvalue weighted by Gasteiger charge is -2.21. The molecule has 0 aliphatic heterocycles. The molecular weight excluding hydrogens is 294 g/mol. The summed E-state index contributed by atoms with van der Waals surface area (Å²) < 4.78 is 0. The molecule has 0 aromatic heterocycles. The number of phenols is 1. The van der Waals surface area contributed by atoms with Crippen molar-refractivity contribution in [3.05, 3.63) is 57.6 Å². The molecule has 0 saturated heterocycles. The topological polar surface area (TPSA) is 88.1 Å². The summed E-state index contributed by atoms with van der Waals surface area (Å²) in [5.41, 5.74) is 2.49. The fraction of sp³-hybridized carbons (Fsp3) is 0.294. The fourth-order valence-electron chi connectivity index (χ4n) is 2.15. The number of benzene rings is 2. The predicted molar refractivity (Wildman–Crippen MR) is 88.8 cm³/mol. The third-order valence-electron chi connectivity index (χ3n) is 3.43. The molecule has 1 N–H and O–H groups in total. The number of aryl methyl sites for hydroxylation is 1. The highest BCUT2D eigenvalue weighted by Crippen LogP contribution is 2.36. The molecule has 23 heavy (non-hydrogen) atoms. The molecule has 120 valence electrons. The van der Waals surface area contributed by atoms with Gasteiger partial charge in [0.1, 0.15) is 5.75 Å². The van der Waals surface area contributed by atoms with Crippen molar-refractivity contribution >= 4 is 17.1 Å². The van der Waals surface area contributed by atoms with E-state index in [1.807, 2.05) is 27.7 Å². The summed E-state index contributed by atoms with van der Waals surface area (Å²) in [5.74, 6) is 0.270. The van der Waals surface area contributed by atoms with E-state index in [1.165, 1.54) is 12.1 Å². The van der Waals surface area contributed by atoms with Gasteiger partial charge in [0.05, 0.1) is 16.3 Å². The molecule has 0 bridgehead atoms. The van der Waals surface area contributed by atoms with Crippen LogP contribution in [0, 0.1) is 17.0 Å². The number of nitrogens with zero attached hydrogens (tertiary/aromatic N) is 3. The molecule has 0 heterocycles. The normalized spacial score (nSPS) is 11.8. The first kappa shape index (κ1) is 16.6. The van der Waals surface area contributed by atoms with Crippen molar-refractivity contribution in [2.24, 2.45) is 10.2 Å². The largest absolute Gasteiger partial charge is 0.507 e. The minimum atomic E-state index is -0.458. The van der Waals surface area contributed by atoms with Crippen molar-refractivity contribution in [2.45, 2.75) is 33.1 Å². The van der Waals surface area contributed by atoms with Gasteiger partial charge < -0.3 is 5.11 Å². The SMILES string of the molecule is Cc1cc(N=Nc2ccc([N+](=O)[O-])cc2)cc(C(C)(C)C)c1O. The summed E-state index contributed by atoms with van der Waals surface area (Å²) >= 11 is 0. The fourth-order valence-corrected chi connectivity index (χ4v) is 2.15. The molecule has 2 aromatic carbocycles. The van der Waals surface area contributed by atoms with Crippen LogP contribution in [0.2, 0.25) is 0 Å². The van der Waals surface area contributed by atoms with E-state index < -0.39 is 4.92 Å². The van der Waals surface area contributed by atoms with Crippen LogP contribution in [0.25, 0.3) is 0 Å². The number of phenolic OH excluding ortho intramolecular Hbond substituents is 1. The van der Waals surface area contributed by atoms with Gasteiger partial charge in [-0.2, -0.15) is 10.2 Å². The number of nitro groups is 1. The first-order valence-corrected chi connectivity index (χ1v) is 7.19. The van der Waals surface area contributed by atoms with Gasteiger partial charge in [0, 0.05) is 17.7 Å². The maximum Gasteiger partial charge on any atom is 0.269 e. The highest BCUT2D eigenvalue weighted by molar-refractivity contribution is 5.54. The van der Waals surface area contributed by atoms with Crippen molar-refractivity contribution in [2.75, 3.05) is 0 Å². The second kappa shape index (κ2) is 6.16. The number of azo groups is 1. The summed E-state index contributed by atoms with van der Waals surface area (Å²) in [6.07, 6.45) is 0. The van der Waals surface area contributed by atoms with Crippen molar-refractivity contribution in [1.29, 1.82) is 0 Å². The molecule has 2 rings (SSSR count). The van der Waals surface area contributed by atoms with Crippen LogP contribution in [0.4, 0.5) is 17.1 Å². The Morgan fingerprint density at radius 2 is 1.61 bits per heavy atom. The average Bonchev–Trinajstić information content (AvgIpc) is 2.47. The van der Waals surface area contributed by atoms with Gasteiger partial charge in [-0.05, 0) is 42.2 Å². The van der Waals surface area contributed by atoms with Gasteiger partial charge in [0.2, 0.25) is 0 Å². The van der Waals surface area contributed by atoms with Gasteiger partial charge in [-0.25, -0.2) is 0 Å². The summed E-state index contributed by atoms with van der Waals surface area (Å²) in [4.78, 5) is 10.2. The average molecular weight is 313 g/mol.